The monoisotopic (exact) mass is 167 g/mol. The van der Waals surface area contributed by atoms with Crippen LogP contribution in [0.2, 0.25) is 0 Å². The first-order valence-corrected chi connectivity index (χ1v) is 3.55. The Morgan fingerprint density at radius 3 is 2.09 bits per heavy atom. The molecule has 0 heterocycles. The zero-order valence-corrected chi connectivity index (χ0v) is 7.44. The third-order valence-electron chi connectivity index (χ3n) is 0.779. The molecule has 4 heteroatoms. The molecule has 1 amide bonds. The zero-order chi connectivity index (χ0) is 9.49. The maximum absolute atomic E-state index is 11.8. The van der Waals surface area contributed by atoms with Gasteiger partial charge in [-0.3, -0.25) is 0 Å². The van der Waals surface area contributed by atoms with Gasteiger partial charge in [0, 0.05) is 1.43 Å². The molecule has 0 radical (unpaired) electrons. The third-order valence-corrected chi connectivity index (χ3v) is 0.779. The number of rotatable bonds is 2. The van der Waals surface area contributed by atoms with Gasteiger partial charge in [0.2, 0.25) is 0 Å². The topological polar surface area (TPSA) is 49.3 Å². The number of hydrogen-bond acceptors (Lipinski definition) is 1. The van der Waals surface area contributed by atoms with Crippen molar-refractivity contribution < 1.29 is 15.7 Å². The van der Waals surface area contributed by atoms with Gasteiger partial charge in [-0.2, -0.15) is 0 Å². The van der Waals surface area contributed by atoms with Gasteiger partial charge in [-0.25, -0.2) is 9.18 Å². The summed E-state index contributed by atoms with van der Waals surface area (Å²) in [4.78, 5) is 9.90. The summed E-state index contributed by atoms with van der Waals surface area (Å²) >= 11 is 0. The van der Waals surface area contributed by atoms with E-state index in [1.807, 2.05) is 19.2 Å². The molecule has 0 spiro atoms. The lowest BCUT2D eigenvalue weighted by Gasteiger charge is -2.19. The predicted molar refractivity (Wildman–Crippen MR) is 44.7 cm³/mol. The number of amides is 1. The Morgan fingerprint density at radius 1 is 1.64 bits per heavy atom. The Kier molecular flexibility index (Phi) is 6.94. The van der Waals surface area contributed by atoms with Crippen LogP contribution in [0.1, 0.15) is 29.1 Å². The Hall–Kier alpha value is -0.800. The van der Waals surface area contributed by atoms with E-state index >= 15 is 0 Å². The summed E-state index contributed by atoms with van der Waals surface area (Å²) in [7, 11) is 0. The van der Waals surface area contributed by atoms with Crippen LogP contribution in [0.4, 0.5) is 9.18 Å². The first kappa shape index (κ1) is 12.8. The van der Waals surface area contributed by atoms with Crippen molar-refractivity contribution in [2.45, 2.75) is 33.2 Å². The van der Waals surface area contributed by atoms with E-state index in [0.29, 0.717) is 0 Å². The minimum atomic E-state index is -1.20. The Morgan fingerprint density at radius 2 is 2.00 bits per heavy atom. The molecule has 0 aromatic rings. The molecule has 0 unspecified atom stereocenters. The second kappa shape index (κ2) is 5.95. The van der Waals surface area contributed by atoms with Crippen LogP contribution in [0.5, 0.6) is 0 Å². The SMILES string of the molecule is CC.CC(C)(CF)NC(=O)O.[HH]. The summed E-state index contributed by atoms with van der Waals surface area (Å²) in [6, 6.07) is 0. The van der Waals surface area contributed by atoms with Crippen LogP contribution in [-0.4, -0.2) is 23.4 Å². The molecule has 0 aliphatic carbocycles. The number of hydrogen-bond donors (Lipinski definition) is 2. The van der Waals surface area contributed by atoms with Gasteiger partial charge < -0.3 is 10.4 Å². The highest BCUT2D eigenvalue weighted by Crippen LogP contribution is 2.00. The fourth-order valence-corrected chi connectivity index (χ4v) is 0.323. The van der Waals surface area contributed by atoms with E-state index in [1.165, 1.54) is 13.8 Å². The first-order chi connectivity index (χ1) is 4.98. The third kappa shape index (κ3) is 9.20. The van der Waals surface area contributed by atoms with E-state index in [1.54, 1.807) is 0 Å². The van der Waals surface area contributed by atoms with Gasteiger partial charge >= 0.3 is 6.09 Å². The molecule has 0 aliphatic rings. The standard InChI is InChI=1S/C5H10FNO2.C2H6.H2/c1-5(2,3-6)7-4(8)9;1-2;/h7H,3H2,1-2H3,(H,8,9);1-2H3;1H. The second-order valence-corrected chi connectivity index (χ2v) is 2.45. The van der Waals surface area contributed by atoms with Crippen molar-refractivity contribution in [1.82, 2.24) is 5.32 Å². The average Bonchev–Trinajstić information content (AvgIpc) is 1.90. The summed E-state index contributed by atoms with van der Waals surface area (Å²) in [5.74, 6) is 0. The van der Waals surface area contributed by atoms with Crippen molar-refractivity contribution in [2.75, 3.05) is 6.67 Å². The fourth-order valence-electron chi connectivity index (χ4n) is 0.323. The maximum Gasteiger partial charge on any atom is 0.405 e. The van der Waals surface area contributed by atoms with E-state index in [2.05, 4.69) is 0 Å². The molecule has 0 bridgehead atoms. The van der Waals surface area contributed by atoms with Crippen LogP contribution >= 0.6 is 0 Å². The normalized spacial score (nSPS) is 9.55. The Labute approximate surface area is 68.1 Å². The zero-order valence-electron chi connectivity index (χ0n) is 7.44. The highest BCUT2D eigenvalue weighted by atomic mass is 19.1. The molecule has 0 aromatic heterocycles. The smallest absolute Gasteiger partial charge is 0.405 e. The Bertz CT molecular complexity index is 120. The number of alkyl halides is 1. The number of nitrogens with one attached hydrogen (secondary N) is 1. The van der Waals surface area contributed by atoms with Crippen molar-refractivity contribution in [3.05, 3.63) is 0 Å². The van der Waals surface area contributed by atoms with Crippen LogP contribution in [0.15, 0.2) is 0 Å². The minimum Gasteiger partial charge on any atom is -0.465 e. The van der Waals surface area contributed by atoms with E-state index in [4.69, 9.17) is 5.11 Å². The van der Waals surface area contributed by atoms with Crippen LogP contribution in [0.25, 0.3) is 0 Å². The molecule has 0 aromatic carbocycles. The predicted octanol–water partition coefficient (Wildman–Crippen LogP) is 2.27. The van der Waals surface area contributed by atoms with Crippen molar-refractivity contribution in [3.8, 4) is 0 Å². The van der Waals surface area contributed by atoms with Crippen molar-refractivity contribution in [2.24, 2.45) is 0 Å². The van der Waals surface area contributed by atoms with Gasteiger partial charge in [-0.1, -0.05) is 13.8 Å². The molecule has 11 heavy (non-hydrogen) atoms. The molecule has 0 rings (SSSR count). The molecule has 70 valence electrons. The Balaban J connectivity index is -0.000000249. The van der Waals surface area contributed by atoms with Crippen LogP contribution in [0.3, 0.4) is 0 Å². The van der Waals surface area contributed by atoms with E-state index in [0.717, 1.165) is 0 Å². The lowest BCUT2D eigenvalue weighted by atomic mass is 10.1. The molecule has 0 saturated heterocycles. The molecule has 0 atom stereocenters. The van der Waals surface area contributed by atoms with Crippen molar-refractivity contribution in [3.63, 3.8) is 0 Å². The summed E-state index contributed by atoms with van der Waals surface area (Å²) in [6.07, 6.45) is -1.20. The van der Waals surface area contributed by atoms with Crippen molar-refractivity contribution in [1.29, 1.82) is 0 Å². The lowest BCUT2D eigenvalue weighted by molar-refractivity contribution is 0.175. The van der Waals surface area contributed by atoms with Gasteiger partial charge in [0.25, 0.3) is 0 Å². The molecular formula is C7H18FNO2. The highest BCUT2D eigenvalue weighted by Gasteiger charge is 2.18. The first-order valence-electron chi connectivity index (χ1n) is 3.55. The molecule has 0 saturated carbocycles. The fraction of sp³-hybridized carbons (Fsp3) is 0.857. The minimum absolute atomic E-state index is 0. The van der Waals surface area contributed by atoms with E-state index in [9.17, 15) is 9.18 Å². The van der Waals surface area contributed by atoms with Gasteiger partial charge in [0.05, 0.1) is 5.54 Å². The van der Waals surface area contributed by atoms with Crippen LogP contribution in [-0.2, 0) is 0 Å². The quantitative estimate of drug-likeness (QED) is 0.662. The van der Waals surface area contributed by atoms with E-state index in [-0.39, 0.29) is 1.43 Å². The number of carboxylic acid groups (broad SMARTS) is 1. The van der Waals surface area contributed by atoms with Gasteiger partial charge in [-0.15, -0.1) is 0 Å². The maximum atomic E-state index is 11.8. The largest absolute Gasteiger partial charge is 0.465 e. The molecule has 0 aliphatic heterocycles. The van der Waals surface area contributed by atoms with Crippen LogP contribution < -0.4 is 5.32 Å². The van der Waals surface area contributed by atoms with E-state index < -0.39 is 18.3 Å². The molecule has 3 nitrogen and oxygen atoms in total. The number of carbonyl (C=O) groups is 1. The summed E-state index contributed by atoms with van der Waals surface area (Å²) in [6.45, 7) is 6.25. The lowest BCUT2D eigenvalue weighted by Crippen LogP contribution is -2.44. The second-order valence-electron chi connectivity index (χ2n) is 2.45. The molecule has 0 fully saturated rings. The molecule has 2 N–H and O–H groups in total. The highest BCUT2D eigenvalue weighted by molar-refractivity contribution is 5.65. The van der Waals surface area contributed by atoms with Gasteiger partial charge in [0.1, 0.15) is 6.67 Å². The summed E-state index contributed by atoms with van der Waals surface area (Å²) in [5.41, 5.74) is -0.953. The molecular weight excluding hydrogens is 149 g/mol. The van der Waals surface area contributed by atoms with Crippen LogP contribution in [0, 0.1) is 0 Å². The van der Waals surface area contributed by atoms with Crippen molar-refractivity contribution >= 4 is 6.09 Å². The average molecular weight is 167 g/mol. The number of halogens is 1. The summed E-state index contributed by atoms with van der Waals surface area (Å²) < 4.78 is 11.8. The van der Waals surface area contributed by atoms with Gasteiger partial charge in [-0.05, 0) is 13.8 Å². The van der Waals surface area contributed by atoms with Gasteiger partial charge in [0.15, 0.2) is 0 Å². The summed E-state index contributed by atoms with van der Waals surface area (Å²) in [5, 5.41) is 10.1.